The predicted octanol–water partition coefficient (Wildman–Crippen LogP) is 1.72. The van der Waals surface area contributed by atoms with Crippen LogP contribution in [0.4, 0.5) is 5.69 Å². The maximum absolute atomic E-state index is 10.2. The number of hydrogen-bond acceptors (Lipinski definition) is 3. The molecule has 0 saturated heterocycles. The topological polar surface area (TPSA) is 41.5 Å². The van der Waals surface area contributed by atoms with Crippen LogP contribution in [0.2, 0.25) is 0 Å². The molecule has 2 rings (SSSR count). The van der Waals surface area contributed by atoms with E-state index in [0.29, 0.717) is 0 Å². The van der Waals surface area contributed by atoms with Gasteiger partial charge in [-0.1, -0.05) is 0 Å². The second-order valence-electron chi connectivity index (χ2n) is 3.86. The van der Waals surface area contributed by atoms with Gasteiger partial charge in [-0.25, -0.2) is 0 Å². The van der Waals surface area contributed by atoms with Crippen molar-refractivity contribution >= 4 is 5.69 Å². The van der Waals surface area contributed by atoms with Gasteiger partial charge in [0.2, 0.25) is 0 Å². The summed E-state index contributed by atoms with van der Waals surface area (Å²) in [7, 11) is 1.63. The lowest BCUT2D eigenvalue weighted by atomic mass is 9.88. The third kappa shape index (κ3) is 1.44. The van der Waals surface area contributed by atoms with Gasteiger partial charge in [0.15, 0.2) is 0 Å². The molecule has 0 radical (unpaired) electrons. The highest BCUT2D eigenvalue weighted by molar-refractivity contribution is 5.58. The minimum absolute atomic E-state index is 0.729. The number of fused-ring (bicyclic) bond motifs is 1. The molecule has 0 aromatic heterocycles. The van der Waals surface area contributed by atoms with Crippen LogP contribution in [0.15, 0.2) is 18.2 Å². The molecule has 1 heterocycles. The number of aliphatic hydroxyl groups is 1. The van der Waals surface area contributed by atoms with Crippen molar-refractivity contribution in [3.05, 3.63) is 23.8 Å². The first-order chi connectivity index (χ1) is 6.63. The summed E-state index contributed by atoms with van der Waals surface area (Å²) < 4.78 is 5.13. The normalized spacial score (nSPS) is 25.1. The second kappa shape index (κ2) is 3.17. The van der Waals surface area contributed by atoms with E-state index in [-0.39, 0.29) is 0 Å². The Morgan fingerprint density at radius 2 is 2.29 bits per heavy atom. The van der Waals surface area contributed by atoms with E-state index in [1.165, 1.54) is 0 Å². The van der Waals surface area contributed by atoms with E-state index >= 15 is 0 Å². The summed E-state index contributed by atoms with van der Waals surface area (Å²) in [6, 6.07) is 5.73. The summed E-state index contributed by atoms with van der Waals surface area (Å²) in [6.45, 7) is 2.65. The van der Waals surface area contributed by atoms with Gasteiger partial charge in [0, 0.05) is 17.8 Å². The summed E-state index contributed by atoms with van der Waals surface area (Å²) in [5.74, 6) is 0.785. The van der Waals surface area contributed by atoms with Gasteiger partial charge in [-0.15, -0.1) is 0 Å². The highest BCUT2D eigenvalue weighted by atomic mass is 16.5. The number of benzene rings is 1. The van der Waals surface area contributed by atoms with E-state index in [4.69, 9.17) is 4.74 Å². The van der Waals surface area contributed by atoms with Crippen LogP contribution in [0, 0.1) is 0 Å². The highest BCUT2D eigenvalue weighted by Gasteiger charge is 2.29. The van der Waals surface area contributed by atoms with Crippen molar-refractivity contribution in [3.63, 3.8) is 0 Å². The first kappa shape index (κ1) is 9.34. The SMILES string of the molecule is COc1ccc2c(c1)C(C)(O)CCN2. The zero-order valence-corrected chi connectivity index (χ0v) is 8.50. The molecule has 3 nitrogen and oxygen atoms in total. The van der Waals surface area contributed by atoms with Gasteiger partial charge >= 0.3 is 0 Å². The minimum Gasteiger partial charge on any atom is -0.497 e. The van der Waals surface area contributed by atoms with Gasteiger partial charge in [-0.2, -0.15) is 0 Å². The molecule has 0 bridgehead atoms. The Bertz CT molecular complexity index is 347. The smallest absolute Gasteiger partial charge is 0.119 e. The van der Waals surface area contributed by atoms with Crippen molar-refractivity contribution in [2.75, 3.05) is 19.0 Å². The molecule has 0 fully saturated rings. The van der Waals surface area contributed by atoms with Gasteiger partial charge in [-0.05, 0) is 31.5 Å². The molecule has 1 aliphatic rings. The number of anilines is 1. The average molecular weight is 193 g/mol. The van der Waals surface area contributed by atoms with Gasteiger partial charge in [-0.3, -0.25) is 0 Å². The fourth-order valence-corrected chi connectivity index (χ4v) is 1.83. The van der Waals surface area contributed by atoms with Crippen LogP contribution >= 0.6 is 0 Å². The highest BCUT2D eigenvalue weighted by Crippen LogP contribution is 2.36. The number of nitrogens with one attached hydrogen (secondary N) is 1. The van der Waals surface area contributed by atoms with E-state index in [1.54, 1.807) is 7.11 Å². The maximum atomic E-state index is 10.2. The van der Waals surface area contributed by atoms with Crippen molar-refractivity contribution in [2.24, 2.45) is 0 Å². The van der Waals surface area contributed by atoms with Crippen LogP contribution < -0.4 is 10.1 Å². The molecule has 76 valence electrons. The molecule has 1 aromatic rings. The van der Waals surface area contributed by atoms with Gasteiger partial charge in [0.05, 0.1) is 12.7 Å². The molecule has 14 heavy (non-hydrogen) atoms. The number of rotatable bonds is 1. The molecule has 1 aliphatic heterocycles. The zero-order chi connectivity index (χ0) is 10.2. The van der Waals surface area contributed by atoms with Gasteiger partial charge in [0.1, 0.15) is 5.75 Å². The molecule has 3 heteroatoms. The summed E-state index contributed by atoms with van der Waals surface area (Å²) >= 11 is 0. The lowest BCUT2D eigenvalue weighted by molar-refractivity contribution is 0.0486. The Morgan fingerprint density at radius 3 is 3.00 bits per heavy atom. The fraction of sp³-hybridized carbons (Fsp3) is 0.455. The summed E-state index contributed by atoms with van der Waals surface area (Å²) in [5.41, 5.74) is 1.18. The van der Waals surface area contributed by atoms with Crippen LogP contribution in [-0.2, 0) is 5.60 Å². The lowest BCUT2D eigenvalue weighted by Gasteiger charge is -2.32. The van der Waals surface area contributed by atoms with Crippen LogP contribution in [0.5, 0.6) is 5.75 Å². The molecule has 1 aromatic carbocycles. The van der Waals surface area contributed by atoms with Crippen LogP contribution in [0.1, 0.15) is 18.9 Å². The predicted molar refractivity (Wildman–Crippen MR) is 55.7 cm³/mol. The van der Waals surface area contributed by atoms with Gasteiger partial charge < -0.3 is 15.2 Å². The van der Waals surface area contributed by atoms with Crippen molar-refractivity contribution in [1.29, 1.82) is 0 Å². The average Bonchev–Trinajstić information content (AvgIpc) is 2.17. The Hall–Kier alpha value is -1.22. The Kier molecular flexibility index (Phi) is 2.11. The van der Waals surface area contributed by atoms with Crippen molar-refractivity contribution in [2.45, 2.75) is 18.9 Å². The third-order valence-corrected chi connectivity index (χ3v) is 2.73. The molecule has 0 aliphatic carbocycles. The molecule has 1 atom stereocenters. The molecule has 0 spiro atoms. The van der Waals surface area contributed by atoms with E-state index in [9.17, 15) is 5.11 Å². The van der Waals surface area contributed by atoms with E-state index in [0.717, 1.165) is 30.0 Å². The van der Waals surface area contributed by atoms with E-state index < -0.39 is 5.60 Å². The van der Waals surface area contributed by atoms with Crippen molar-refractivity contribution in [1.82, 2.24) is 0 Å². The van der Waals surface area contributed by atoms with Gasteiger partial charge in [0.25, 0.3) is 0 Å². The zero-order valence-electron chi connectivity index (χ0n) is 8.50. The van der Waals surface area contributed by atoms with Crippen molar-refractivity contribution < 1.29 is 9.84 Å². The van der Waals surface area contributed by atoms with Crippen LogP contribution in [0.25, 0.3) is 0 Å². The van der Waals surface area contributed by atoms with Crippen LogP contribution in [0.3, 0.4) is 0 Å². The molecular weight excluding hydrogens is 178 g/mol. The maximum Gasteiger partial charge on any atom is 0.119 e. The second-order valence-corrected chi connectivity index (χ2v) is 3.86. The number of hydrogen-bond donors (Lipinski definition) is 2. The minimum atomic E-state index is -0.741. The summed E-state index contributed by atoms with van der Waals surface area (Å²) in [6.07, 6.45) is 0.729. The summed E-state index contributed by atoms with van der Waals surface area (Å²) in [5, 5.41) is 13.4. The lowest BCUT2D eigenvalue weighted by Crippen LogP contribution is -2.30. The largest absolute Gasteiger partial charge is 0.497 e. The first-order valence-corrected chi connectivity index (χ1v) is 4.78. The quantitative estimate of drug-likeness (QED) is 0.713. The molecule has 0 amide bonds. The van der Waals surface area contributed by atoms with Crippen molar-refractivity contribution in [3.8, 4) is 5.75 Å². The number of ether oxygens (including phenoxy) is 1. The van der Waals surface area contributed by atoms with E-state index in [2.05, 4.69) is 5.32 Å². The Labute approximate surface area is 83.7 Å². The summed E-state index contributed by atoms with van der Waals surface area (Å²) in [4.78, 5) is 0. The molecular formula is C11H15NO2. The Morgan fingerprint density at radius 1 is 1.50 bits per heavy atom. The molecule has 0 saturated carbocycles. The third-order valence-electron chi connectivity index (χ3n) is 2.73. The standard InChI is InChI=1S/C11H15NO2/c1-11(13)5-6-12-10-4-3-8(14-2)7-9(10)11/h3-4,7,12-13H,5-6H2,1-2H3. The Balaban J connectivity index is 2.49. The number of methoxy groups -OCH3 is 1. The first-order valence-electron chi connectivity index (χ1n) is 4.78. The molecule has 1 unspecified atom stereocenters. The monoisotopic (exact) mass is 193 g/mol. The molecule has 2 N–H and O–H groups in total. The van der Waals surface area contributed by atoms with Crippen LogP contribution in [-0.4, -0.2) is 18.8 Å². The fourth-order valence-electron chi connectivity index (χ4n) is 1.83. The van der Waals surface area contributed by atoms with E-state index in [1.807, 2.05) is 25.1 Å².